The maximum absolute atomic E-state index is 12.5. The van der Waals surface area contributed by atoms with Crippen molar-refractivity contribution >= 4 is 29.1 Å². The van der Waals surface area contributed by atoms with Gasteiger partial charge >= 0.3 is 0 Å². The predicted molar refractivity (Wildman–Crippen MR) is 73.2 cm³/mol. The van der Waals surface area contributed by atoms with Crippen LogP contribution in [0.1, 0.15) is 37.0 Å². The molecular weight excluding hydrogens is 271 g/mol. The average molecular weight is 287 g/mol. The fourth-order valence-electron chi connectivity index (χ4n) is 2.46. The molecule has 1 amide bonds. The minimum atomic E-state index is -0.0413. The summed E-state index contributed by atoms with van der Waals surface area (Å²) in [5, 5.41) is 0.486. The third-order valence-corrected chi connectivity index (χ3v) is 3.87. The minimum Gasteiger partial charge on any atom is -0.335 e. The maximum atomic E-state index is 12.5. The highest BCUT2D eigenvalue weighted by Gasteiger charge is 2.32. The highest BCUT2D eigenvalue weighted by Crippen LogP contribution is 2.27. The molecular formula is C13H16Cl2N2O. The van der Waals surface area contributed by atoms with Crippen LogP contribution in [0.5, 0.6) is 0 Å². The number of amides is 1. The van der Waals surface area contributed by atoms with Gasteiger partial charge in [-0.2, -0.15) is 0 Å². The molecule has 0 bridgehead atoms. The maximum Gasteiger partial charge on any atom is 0.257 e. The van der Waals surface area contributed by atoms with Gasteiger partial charge in [-0.3, -0.25) is 4.79 Å². The Bertz CT molecular complexity index is 462. The molecule has 1 fully saturated rings. The van der Waals surface area contributed by atoms with Crippen LogP contribution < -0.4 is 0 Å². The topological polar surface area (TPSA) is 33.2 Å². The summed E-state index contributed by atoms with van der Waals surface area (Å²) in [5.41, 5.74) is 0.439. The van der Waals surface area contributed by atoms with Gasteiger partial charge in [0.25, 0.3) is 5.91 Å². The molecule has 1 aromatic rings. The number of likely N-dealkylation sites (tertiary alicyclic amines) is 1. The van der Waals surface area contributed by atoms with Gasteiger partial charge in [-0.05, 0) is 30.9 Å². The summed E-state index contributed by atoms with van der Waals surface area (Å²) in [4.78, 5) is 18.3. The van der Waals surface area contributed by atoms with Crippen molar-refractivity contribution in [3.05, 3.63) is 28.0 Å². The second kappa shape index (κ2) is 5.45. The number of carbonyl (C=O) groups is 1. The fraction of sp³-hybridized carbons (Fsp3) is 0.538. The van der Waals surface area contributed by atoms with E-state index in [1.165, 1.54) is 0 Å². The first-order valence-electron chi connectivity index (χ1n) is 6.13. The number of hydrogen-bond donors (Lipinski definition) is 0. The summed E-state index contributed by atoms with van der Waals surface area (Å²) in [7, 11) is 0. The van der Waals surface area contributed by atoms with Crippen LogP contribution in [0, 0.1) is 5.92 Å². The van der Waals surface area contributed by atoms with Gasteiger partial charge in [-0.15, -0.1) is 0 Å². The molecule has 1 saturated heterocycles. The molecule has 1 unspecified atom stereocenters. The van der Waals surface area contributed by atoms with Crippen LogP contribution in [0.3, 0.4) is 0 Å². The minimum absolute atomic E-state index is 0.0413. The summed E-state index contributed by atoms with van der Waals surface area (Å²) in [6.07, 6.45) is 2.11. The average Bonchev–Trinajstić information content (AvgIpc) is 2.77. The Balaban J connectivity index is 2.25. The quantitative estimate of drug-likeness (QED) is 0.778. The second-order valence-corrected chi connectivity index (χ2v) is 5.67. The molecule has 2 rings (SSSR count). The Hall–Kier alpha value is -0.800. The lowest BCUT2D eigenvalue weighted by Crippen LogP contribution is -2.38. The van der Waals surface area contributed by atoms with Gasteiger partial charge in [0.1, 0.15) is 10.3 Å². The molecule has 0 N–H and O–H groups in total. The van der Waals surface area contributed by atoms with Crippen LogP contribution in [-0.4, -0.2) is 28.4 Å². The highest BCUT2D eigenvalue weighted by molar-refractivity contribution is 6.34. The van der Waals surface area contributed by atoms with Gasteiger partial charge in [0.15, 0.2) is 0 Å². The van der Waals surface area contributed by atoms with E-state index in [0.29, 0.717) is 22.7 Å². The van der Waals surface area contributed by atoms with E-state index >= 15 is 0 Å². The van der Waals surface area contributed by atoms with E-state index in [0.717, 1.165) is 19.4 Å². The molecule has 1 aromatic heterocycles. The normalized spacial score (nSPS) is 19.6. The molecule has 18 heavy (non-hydrogen) atoms. The lowest BCUT2D eigenvalue weighted by Gasteiger charge is -2.27. The summed E-state index contributed by atoms with van der Waals surface area (Å²) in [5.74, 6) is 0.413. The van der Waals surface area contributed by atoms with Gasteiger partial charge in [-0.25, -0.2) is 4.98 Å². The van der Waals surface area contributed by atoms with Crippen molar-refractivity contribution in [2.24, 2.45) is 5.92 Å². The van der Waals surface area contributed by atoms with Crippen molar-refractivity contribution in [1.82, 2.24) is 9.88 Å². The summed E-state index contributed by atoms with van der Waals surface area (Å²) in [6.45, 7) is 5.07. The molecule has 1 aliphatic heterocycles. The smallest absolute Gasteiger partial charge is 0.257 e. The predicted octanol–water partition coefficient (Wildman–Crippen LogP) is 3.65. The molecule has 1 aliphatic rings. The molecule has 5 heteroatoms. The van der Waals surface area contributed by atoms with Crippen LogP contribution in [0.4, 0.5) is 0 Å². The zero-order valence-corrected chi connectivity index (χ0v) is 12.0. The number of carbonyl (C=O) groups excluding carboxylic acids is 1. The Morgan fingerprint density at radius 1 is 1.44 bits per heavy atom. The first-order chi connectivity index (χ1) is 8.50. The Kier molecular flexibility index (Phi) is 4.13. The molecule has 0 saturated carbocycles. The van der Waals surface area contributed by atoms with Crippen LogP contribution >= 0.6 is 23.2 Å². The lowest BCUT2D eigenvalue weighted by atomic mass is 10.0. The van der Waals surface area contributed by atoms with E-state index < -0.39 is 0 Å². The number of halogens is 2. The molecule has 0 aromatic carbocycles. The molecule has 0 radical (unpaired) electrons. The summed E-state index contributed by atoms with van der Waals surface area (Å²) < 4.78 is 0. The largest absolute Gasteiger partial charge is 0.335 e. The van der Waals surface area contributed by atoms with Crippen LogP contribution in [0.15, 0.2) is 12.1 Å². The number of aromatic nitrogens is 1. The number of rotatable bonds is 2. The van der Waals surface area contributed by atoms with Crippen molar-refractivity contribution in [1.29, 1.82) is 0 Å². The SMILES string of the molecule is CC(C)C1CCCN1C(=O)c1ccc(Cl)nc1Cl. The third kappa shape index (κ3) is 2.62. The number of pyridine rings is 1. The van der Waals surface area contributed by atoms with Crippen molar-refractivity contribution in [3.8, 4) is 0 Å². The Morgan fingerprint density at radius 2 is 2.17 bits per heavy atom. The third-order valence-electron chi connectivity index (χ3n) is 3.37. The van der Waals surface area contributed by atoms with Crippen molar-refractivity contribution < 1.29 is 4.79 Å². The van der Waals surface area contributed by atoms with Gasteiger partial charge in [-0.1, -0.05) is 37.0 Å². The van der Waals surface area contributed by atoms with Gasteiger partial charge in [0.05, 0.1) is 5.56 Å². The molecule has 0 spiro atoms. The van der Waals surface area contributed by atoms with Gasteiger partial charge in [0, 0.05) is 12.6 Å². The zero-order chi connectivity index (χ0) is 13.3. The van der Waals surface area contributed by atoms with Crippen LogP contribution in [-0.2, 0) is 0 Å². The Labute approximate surface area is 117 Å². The monoisotopic (exact) mass is 286 g/mol. The van der Waals surface area contributed by atoms with E-state index in [1.54, 1.807) is 12.1 Å². The van der Waals surface area contributed by atoms with Crippen LogP contribution in [0.2, 0.25) is 10.3 Å². The fourth-order valence-corrected chi connectivity index (χ4v) is 2.89. The molecule has 1 atom stereocenters. The van der Waals surface area contributed by atoms with Gasteiger partial charge in [0.2, 0.25) is 0 Å². The van der Waals surface area contributed by atoms with E-state index in [1.807, 2.05) is 4.90 Å². The second-order valence-electron chi connectivity index (χ2n) is 4.92. The molecule has 2 heterocycles. The lowest BCUT2D eigenvalue weighted by molar-refractivity contribution is 0.0701. The first-order valence-corrected chi connectivity index (χ1v) is 6.89. The summed E-state index contributed by atoms with van der Waals surface area (Å²) in [6, 6.07) is 3.54. The van der Waals surface area contributed by atoms with E-state index in [4.69, 9.17) is 23.2 Å². The standard InChI is InChI=1S/C13H16Cl2N2O/c1-8(2)10-4-3-7-17(10)13(18)9-5-6-11(14)16-12(9)15/h5-6,8,10H,3-4,7H2,1-2H3. The highest BCUT2D eigenvalue weighted by atomic mass is 35.5. The van der Waals surface area contributed by atoms with Gasteiger partial charge < -0.3 is 4.90 Å². The Morgan fingerprint density at radius 3 is 2.78 bits per heavy atom. The first kappa shape index (κ1) is 13.6. The van der Waals surface area contributed by atoms with E-state index in [9.17, 15) is 4.79 Å². The number of hydrogen-bond acceptors (Lipinski definition) is 2. The van der Waals surface area contributed by atoms with Crippen molar-refractivity contribution in [3.63, 3.8) is 0 Å². The van der Waals surface area contributed by atoms with Crippen molar-refractivity contribution in [2.75, 3.05) is 6.54 Å². The molecule has 0 aliphatic carbocycles. The van der Waals surface area contributed by atoms with Crippen molar-refractivity contribution in [2.45, 2.75) is 32.7 Å². The number of nitrogens with zero attached hydrogens (tertiary/aromatic N) is 2. The van der Waals surface area contributed by atoms with E-state index in [2.05, 4.69) is 18.8 Å². The molecule has 98 valence electrons. The van der Waals surface area contributed by atoms with Crippen LogP contribution in [0.25, 0.3) is 0 Å². The zero-order valence-electron chi connectivity index (χ0n) is 10.5. The summed E-state index contributed by atoms with van der Waals surface area (Å²) >= 11 is 11.7. The van der Waals surface area contributed by atoms with E-state index in [-0.39, 0.29) is 11.1 Å². The molecule has 3 nitrogen and oxygen atoms in total.